The van der Waals surface area contributed by atoms with Crippen LogP contribution in [0.15, 0.2) is 48.7 Å². The van der Waals surface area contributed by atoms with E-state index in [1.54, 1.807) is 18.3 Å². The van der Waals surface area contributed by atoms with E-state index in [2.05, 4.69) is 29.2 Å². The number of rotatable bonds is 5. The zero-order valence-electron chi connectivity index (χ0n) is 13.6. The van der Waals surface area contributed by atoms with Gasteiger partial charge in [0.15, 0.2) is 0 Å². The Kier molecular flexibility index (Phi) is 5.11. The number of nitrogen functional groups attached to an aromatic ring is 1. The number of aliphatic carboxylic acids is 1. The van der Waals surface area contributed by atoms with Gasteiger partial charge < -0.3 is 10.8 Å². The third-order valence-corrected chi connectivity index (χ3v) is 4.74. The average Bonchev–Trinajstić information content (AvgIpc) is 2.59. The second kappa shape index (κ2) is 7.45. The van der Waals surface area contributed by atoms with Crippen molar-refractivity contribution in [1.29, 1.82) is 0 Å². The molecule has 1 unspecified atom stereocenters. The molecule has 126 valence electrons. The van der Waals surface area contributed by atoms with E-state index >= 15 is 0 Å². The number of pyridine rings is 1. The first-order chi connectivity index (χ1) is 11.6. The molecule has 0 amide bonds. The molecule has 3 N–H and O–H groups in total. The molecule has 2 heterocycles. The van der Waals surface area contributed by atoms with E-state index in [1.807, 2.05) is 11.0 Å². The summed E-state index contributed by atoms with van der Waals surface area (Å²) in [5.41, 5.74) is 7.65. The largest absolute Gasteiger partial charge is 0.480 e. The van der Waals surface area contributed by atoms with Crippen LogP contribution >= 0.6 is 0 Å². The van der Waals surface area contributed by atoms with Gasteiger partial charge in [0.05, 0.1) is 0 Å². The first kappa shape index (κ1) is 16.5. The molecule has 1 aromatic carbocycles. The van der Waals surface area contributed by atoms with Crippen molar-refractivity contribution >= 4 is 11.8 Å². The monoisotopic (exact) mass is 325 g/mol. The number of benzene rings is 1. The molecule has 2 aromatic rings. The quantitative estimate of drug-likeness (QED) is 0.883. The van der Waals surface area contributed by atoms with Crippen LogP contribution in [-0.2, 0) is 11.2 Å². The Hall–Kier alpha value is -2.40. The number of hydrogen-bond donors (Lipinski definition) is 2. The minimum Gasteiger partial charge on any atom is -0.480 e. The van der Waals surface area contributed by atoms with E-state index in [9.17, 15) is 9.90 Å². The number of carboxylic acids is 1. The molecule has 1 aromatic heterocycles. The second-order valence-corrected chi connectivity index (χ2v) is 6.43. The van der Waals surface area contributed by atoms with Gasteiger partial charge in [0, 0.05) is 6.20 Å². The van der Waals surface area contributed by atoms with Crippen LogP contribution < -0.4 is 5.73 Å². The van der Waals surface area contributed by atoms with Gasteiger partial charge in [0.2, 0.25) is 0 Å². The number of aromatic nitrogens is 1. The molecular formula is C19H23N3O2. The van der Waals surface area contributed by atoms with Crippen molar-refractivity contribution < 1.29 is 9.90 Å². The lowest BCUT2D eigenvalue weighted by atomic mass is 9.89. The molecule has 0 bridgehead atoms. The average molecular weight is 325 g/mol. The molecule has 0 radical (unpaired) electrons. The van der Waals surface area contributed by atoms with Gasteiger partial charge in [-0.2, -0.15) is 0 Å². The lowest BCUT2D eigenvalue weighted by Gasteiger charge is -2.35. The third-order valence-electron chi connectivity index (χ3n) is 4.74. The van der Waals surface area contributed by atoms with Gasteiger partial charge in [-0.15, -0.1) is 0 Å². The molecule has 1 aliphatic rings. The Morgan fingerprint density at radius 1 is 1.21 bits per heavy atom. The molecule has 1 fully saturated rings. The fourth-order valence-electron chi connectivity index (χ4n) is 3.45. The van der Waals surface area contributed by atoms with Crippen molar-refractivity contribution in [1.82, 2.24) is 9.88 Å². The summed E-state index contributed by atoms with van der Waals surface area (Å²) >= 11 is 0. The number of nitrogens with zero attached hydrogens (tertiary/aromatic N) is 2. The van der Waals surface area contributed by atoms with Crippen molar-refractivity contribution in [3.63, 3.8) is 0 Å². The Labute approximate surface area is 142 Å². The van der Waals surface area contributed by atoms with E-state index in [0.29, 0.717) is 17.3 Å². The first-order valence-corrected chi connectivity index (χ1v) is 8.35. The molecule has 1 aliphatic heterocycles. The van der Waals surface area contributed by atoms with Gasteiger partial charge in [0.1, 0.15) is 11.9 Å². The number of piperidine rings is 1. The van der Waals surface area contributed by atoms with Crippen LogP contribution in [0.25, 0.3) is 0 Å². The van der Waals surface area contributed by atoms with Gasteiger partial charge in [-0.05, 0) is 55.5 Å². The van der Waals surface area contributed by atoms with Gasteiger partial charge in [-0.1, -0.05) is 36.4 Å². The van der Waals surface area contributed by atoms with E-state index in [-0.39, 0.29) is 0 Å². The van der Waals surface area contributed by atoms with Crippen LogP contribution in [0.5, 0.6) is 0 Å². The van der Waals surface area contributed by atoms with Crippen molar-refractivity contribution in [2.45, 2.75) is 25.3 Å². The Bertz CT molecular complexity index is 665. The van der Waals surface area contributed by atoms with E-state index in [4.69, 9.17) is 5.73 Å². The maximum Gasteiger partial charge on any atom is 0.325 e. The molecule has 0 aliphatic carbocycles. The highest BCUT2D eigenvalue weighted by Crippen LogP contribution is 2.28. The van der Waals surface area contributed by atoms with Crippen LogP contribution in [0.2, 0.25) is 0 Å². The zero-order valence-corrected chi connectivity index (χ0v) is 13.6. The summed E-state index contributed by atoms with van der Waals surface area (Å²) in [4.78, 5) is 17.8. The highest BCUT2D eigenvalue weighted by molar-refractivity contribution is 5.75. The van der Waals surface area contributed by atoms with Crippen molar-refractivity contribution in [3.8, 4) is 0 Å². The van der Waals surface area contributed by atoms with Gasteiger partial charge in [-0.3, -0.25) is 9.69 Å². The van der Waals surface area contributed by atoms with E-state index in [0.717, 1.165) is 32.4 Å². The summed E-state index contributed by atoms with van der Waals surface area (Å²) in [5.74, 6) is 0.190. The Balaban J connectivity index is 1.63. The number of likely N-dealkylation sites (tertiary alicyclic amines) is 1. The minimum absolute atomic E-state index is 0.407. The highest BCUT2D eigenvalue weighted by Gasteiger charge is 2.31. The molecular weight excluding hydrogens is 302 g/mol. The topological polar surface area (TPSA) is 79.5 Å². The molecule has 1 atom stereocenters. The number of carboxylic acid groups (broad SMARTS) is 1. The summed E-state index contributed by atoms with van der Waals surface area (Å²) in [6, 6.07) is 13.3. The smallest absolute Gasteiger partial charge is 0.325 e. The van der Waals surface area contributed by atoms with Crippen molar-refractivity contribution in [2.75, 3.05) is 18.8 Å². The lowest BCUT2D eigenvalue weighted by Crippen LogP contribution is -2.40. The molecule has 5 heteroatoms. The van der Waals surface area contributed by atoms with Crippen LogP contribution in [-0.4, -0.2) is 34.0 Å². The van der Waals surface area contributed by atoms with Gasteiger partial charge in [0.25, 0.3) is 0 Å². The number of hydrogen-bond acceptors (Lipinski definition) is 4. The van der Waals surface area contributed by atoms with Crippen molar-refractivity contribution in [3.05, 3.63) is 59.8 Å². The number of nitrogens with two attached hydrogens (primary N) is 1. The summed E-state index contributed by atoms with van der Waals surface area (Å²) in [6.45, 7) is 1.58. The molecule has 1 saturated heterocycles. The van der Waals surface area contributed by atoms with Crippen molar-refractivity contribution in [2.24, 2.45) is 5.92 Å². The molecule has 5 nitrogen and oxygen atoms in total. The third kappa shape index (κ3) is 3.92. The minimum atomic E-state index is -0.830. The summed E-state index contributed by atoms with van der Waals surface area (Å²) in [6.07, 6.45) is 4.67. The molecule has 0 saturated carbocycles. The summed E-state index contributed by atoms with van der Waals surface area (Å²) < 4.78 is 0. The van der Waals surface area contributed by atoms with E-state index < -0.39 is 12.0 Å². The second-order valence-electron chi connectivity index (χ2n) is 6.43. The van der Waals surface area contributed by atoms with E-state index in [1.165, 1.54) is 5.56 Å². The SMILES string of the molecule is Nc1ccc(C(C(=O)O)N2CCC(Cc3ccccc3)CC2)cn1. The lowest BCUT2D eigenvalue weighted by molar-refractivity contribution is -0.144. The highest BCUT2D eigenvalue weighted by atomic mass is 16.4. The number of carbonyl (C=O) groups is 1. The van der Waals surface area contributed by atoms with Gasteiger partial charge in [-0.25, -0.2) is 4.98 Å². The predicted molar refractivity (Wildman–Crippen MR) is 93.5 cm³/mol. The molecule has 3 rings (SSSR count). The first-order valence-electron chi connectivity index (χ1n) is 8.35. The van der Waals surface area contributed by atoms with Crippen LogP contribution in [0.1, 0.15) is 30.0 Å². The fraction of sp³-hybridized carbons (Fsp3) is 0.368. The fourth-order valence-corrected chi connectivity index (χ4v) is 3.45. The molecule has 0 spiro atoms. The maximum absolute atomic E-state index is 11.8. The summed E-state index contributed by atoms with van der Waals surface area (Å²) in [7, 11) is 0. The van der Waals surface area contributed by atoms with Crippen LogP contribution in [0, 0.1) is 5.92 Å². The standard InChI is InChI=1S/C19H23N3O2/c20-17-7-6-16(13-21-17)18(19(23)24)22-10-8-15(9-11-22)12-14-4-2-1-3-5-14/h1-7,13,15,18H,8-12H2,(H2,20,21)(H,23,24). The van der Waals surface area contributed by atoms with Crippen LogP contribution in [0.3, 0.4) is 0 Å². The number of anilines is 1. The Morgan fingerprint density at radius 2 is 1.92 bits per heavy atom. The van der Waals surface area contributed by atoms with Crippen LogP contribution in [0.4, 0.5) is 5.82 Å². The Morgan fingerprint density at radius 3 is 2.50 bits per heavy atom. The normalized spacial score (nSPS) is 17.5. The predicted octanol–water partition coefficient (Wildman–Crippen LogP) is 2.74. The zero-order chi connectivity index (χ0) is 16.9. The summed E-state index contributed by atoms with van der Waals surface area (Å²) in [5, 5.41) is 9.65. The van der Waals surface area contributed by atoms with Gasteiger partial charge >= 0.3 is 5.97 Å². The maximum atomic E-state index is 11.8. The molecule has 24 heavy (non-hydrogen) atoms.